The number of hydrogen-bond acceptors (Lipinski definition) is 3. The van der Waals surface area contributed by atoms with Gasteiger partial charge in [-0.1, -0.05) is 42.5 Å². The zero-order valence-corrected chi connectivity index (χ0v) is 12.6. The molecule has 0 spiro atoms. The minimum Gasteiger partial charge on any atom is -0.451 e. The van der Waals surface area contributed by atoms with Gasteiger partial charge in [-0.3, -0.25) is 4.79 Å². The normalized spacial score (nSPS) is 19.7. The van der Waals surface area contributed by atoms with Crippen molar-refractivity contribution in [3.05, 3.63) is 71.5 Å². The Balaban J connectivity index is 1.52. The van der Waals surface area contributed by atoms with E-state index < -0.39 is 5.60 Å². The second-order valence-electron chi connectivity index (χ2n) is 6.02. The van der Waals surface area contributed by atoms with Gasteiger partial charge in [0.1, 0.15) is 11.2 Å². The summed E-state index contributed by atoms with van der Waals surface area (Å²) in [6.07, 6.45) is 1.44. The summed E-state index contributed by atoms with van der Waals surface area (Å²) in [4.78, 5) is 12.3. The molecule has 1 atom stereocenters. The number of aryl methyl sites for hydroxylation is 1. The number of carbonyl (C=O) groups excluding carboxylic acids is 1. The minimum atomic E-state index is -1.00. The first-order valence-electron chi connectivity index (χ1n) is 7.73. The zero-order chi connectivity index (χ0) is 15.9. The van der Waals surface area contributed by atoms with E-state index in [1.807, 2.05) is 48.5 Å². The van der Waals surface area contributed by atoms with Gasteiger partial charge in [0, 0.05) is 5.39 Å². The van der Waals surface area contributed by atoms with Gasteiger partial charge >= 0.3 is 0 Å². The Kier molecular flexibility index (Phi) is 3.20. The van der Waals surface area contributed by atoms with Crippen molar-refractivity contribution in [2.75, 3.05) is 6.54 Å². The van der Waals surface area contributed by atoms with Gasteiger partial charge in [0.25, 0.3) is 5.91 Å². The van der Waals surface area contributed by atoms with Crippen LogP contribution in [0, 0.1) is 0 Å². The molecule has 0 unspecified atom stereocenters. The average Bonchev–Trinajstić information content (AvgIpc) is 3.15. The number of nitrogens with one attached hydrogen (secondary N) is 1. The molecular formula is C19H17NO3. The minimum absolute atomic E-state index is 0.180. The third-order valence-electron chi connectivity index (χ3n) is 4.52. The molecule has 2 N–H and O–H groups in total. The maximum atomic E-state index is 12.3. The van der Waals surface area contributed by atoms with Crippen LogP contribution < -0.4 is 5.32 Å². The first-order chi connectivity index (χ1) is 11.2. The number of carbonyl (C=O) groups is 1. The lowest BCUT2D eigenvalue weighted by Crippen LogP contribution is -2.39. The molecule has 0 saturated heterocycles. The number of rotatable bonds is 3. The lowest BCUT2D eigenvalue weighted by atomic mass is 9.96. The number of fused-ring (bicyclic) bond motifs is 2. The van der Waals surface area contributed by atoms with E-state index in [2.05, 4.69) is 5.32 Å². The molecular weight excluding hydrogens is 290 g/mol. The van der Waals surface area contributed by atoms with Crippen molar-refractivity contribution in [2.45, 2.75) is 18.4 Å². The molecule has 0 bridgehead atoms. The molecule has 4 rings (SSSR count). The second-order valence-corrected chi connectivity index (χ2v) is 6.02. The van der Waals surface area contributed by atoms with Gasteiger partial charge in [-0.25, -0.2) is 0 Å². The smallest absolute Gasteiger partial charge is 0.287 e. The van der Waals surface area contributed by atoms with E-state index in [9.17, 15) is 9.90 Å². The zero-order valence-electron chi connectivity index (χ0n) is 12.6. The van der Waals surface area contributed by atoms with Crippen LogP contribution in [0.5, 0.6) is 0 Å². The lowest BCUT2D eigenvalue weighted by Gasteiger charge is -2.24. The number of hydrogen-bond donors (Lipinski definition) is 2. The molecule has 1 amide bonds. The maximum Gasteiger partial charge on any atom is 0.287 e. The molecule has 0 saturated carbocycles. The summed E-state index contributed by atoms with van der Waals surface area (Å²) in [5, 5.41) is 14.5. The highest BCUT2D eigenvalue weighted by Crippen LogP contribution is 2.36. The third kappa shape index (κ3) is 2.41. The van der Waals surface area contributed by atoms with E-state index in [1.165, 1.54) is 0 Å². The standard InChI is InChI=1S/C19H17NO3/c21-18(17-11-14-6-2-4-8-16(14)23-17)20-12-19(22)10-9-13-5-1-3-7-15(13)19/h1-8,11,22H,9-10,12H2,(H,20,21)/t19-/m1/s1. The summed E-state index contributed by atoms with van der Waals surface area (Å²) in [7, 11) is 0. The Morgan fingerprint density at radius 3 is 2.83 bits per heavy atom. The topological polar surface area (TPSA) is 62.5 Å². The molecule has 0 fully saturated rings. The predicted octanol–water partition coefficient (Wildman–Crippen LogP) is 3.00. The molecule has 23 heavy (non-hydrogen) atoms. The fourth-order valence-electron chi connectivity index (χ4n) is 3.26. The quantitative estimate of drug-likeness (QED) is 0.782. The number of aliphatic hydroxyl groups is 1. The van der Waals surface area contributed by atoms with Gasteiger partial charge in [-0.05, 0) is 36.1 Å². The van der Waals surface area contributed by atoms with E-state index >= 15 is 0 Å². The molecule has 4 heteroatoms. The van der Waals surface area contributed by atoms with Gasteiger partial charge in [-0.15, -0.1) is 0 Å². The summed E-state index contributed by atoms with van der Waals surface area (Å²) in [5.41, 5.74) is 1.73. The highest BCUT2D eigenvalue weighted by atomic mass is 16.3. The fourth-order valence-corrected chi connectivity index (χ4v) is 3.26. The first kappa shape index (κ1) is 14.0. The number of amides is 1. The highest BCUT2D eigenvalue weighted by Gasteiger charge is 2.36. The summed E-state index contributed by atoms with van der Waals surface area (Å²) in [5.74, 6) is -0.0416. The van der Waals surface area contributed by atoms with E-state index in [-0.39, 0.29) is 18.2 Å². The van der Waals surface area contributed by atoms with Crippen molar-refractivity contribution < 1.29 is 14.3 Å². The average molecular weight is 307 g/mol. The molecule has 0 radical (unpaired) electrons. The number of furan rings is 1. The van der Waals surface area contributed by atoms with Gasteiger partial charge in [-0.2, -0.15) is 0 Å². The van der Waals surface area contributed by atoms with Crippen LogP contribution >= 0.6 is 0 Å². The van der Waals surface area contributed by atoms with Crippen molar-refractivity contribution in [1.82, 2.24) is 5.32 Å². The van der Waals surface area contributed by atoms with E-state index in [0.717, 1.165) is 22.9 Å². The van der Waals surface area contributed by atoms with Crippen LogP contribution in [0.2, 0.25) is 0 Å². The molecule has 0 aliphatic heterocycles. The van der Waals surface area contributed by atoms with Crippen molar-refractivity contribution in [2.24, 2.45) is 0 Å². The van der Waals surface area contributed by atoms with E-state index in [4.69, 9.17) is 4.42 Å². The van der Waals surface area contributed by atoms with Gasteiger partial charge in [0.05, 0.1) is 6.54 Å². The van der Waals surface area contributed by atoms with E-state index in [1.54, 1.807) is 6.07 Å². The summed E-state index contributed by atoms with van der Waals surface area (Å²) in [6.45, 7) is 0.180. The van der Waals surface area contributed by atoms with Crippen molar-refractivity contribution in [1.29, 1.82) is 0 Å². The summed E-state index contributed by atoms with van der Waals surface area (Å²) < 4.78 is 5.55. The second kappa shape index (κ2) is 5.25. The van der Waals surface area contributed by atoms with Crippen molar-refractivity contribution in [3.8, 4) is 0 Å². The summed E-state index contributed by atoms with van der Waals surface area (Å²) >= 11 is 0. The molecule has 1 aliphatic carbocycles. The lowest BCUT2D eigenvalue weighted by molar-refractivity contribution is 0.0365. The summed E-state index contributed by atoms with van der Waals surface area (Å²) in [6, 6.07) is 17.0. The SMILES string of the molecule is O=C(NC[C@]1(O)CCc2ccccc21)c1cc2ccccc2o1. The molecule has 2 aromatic carbocycles. The molecule has 1 aliphatic rings. The fraction of sp³-hybridized carbons (Fsp3) is 0.211. The molecule has 4 nitrogen and oxygen atoms in total. The molecule has 1 heterocycles. The Hall–Kier alpha value is -2.59. The largest absolute Gasteiger partial charge is 0.451 e. The van der Waals surface area contributed by atoms with Crippen LogP contribution in [0.15, 0.2) is 59.0 Å². The van der Waals surface area contributed by atoms with Crippen LogP contribution in [0.3, 0.4) is 0 Å². The van der Waals surface area contributed by atoms with Crippen LogP contribution in [0.25, 0.3) is 11.0 Å². The van der Waals surface area contributed by atoms with Crippen molar-refractivity contribution >= 4 is 16.9 Å². The highest BCUT2D eigenvalue weighted by molar-refractivity contribution is 5.96. The van der Waals surface area contributed by atoms with Crippen LogP contribution in [0.1, 0.15) is 28.1 Å². The molecule has 116 valence electrons. The first-order valence-corrected chi connectivity index (χ1v) is 7.73. The Morgan fingerprint density at radius 1 is 1.17 bits per heavy atom. The van der Waals surface area contributed by atoms with Crippen LogP contribution in [-0.2, 0) is 12.0 Å². The maximum absolute atomic E-state index is 12.3. The Morgan fingerprint density at radius 2 is 1.96 bits per heavy atom. The monoisotopic (exact) mass is 307 g/mol. The van der Waals surface area contributed by atoms with Crippen LogP contribution in [-0.4, -0.2) is 17.6 Å². The third-order valence-corrected chi connectivity index (χ3v) is 4.52. The van der Waals surface area contributed by atoms with Gasteiger partial charge in [0.15, 0.2) is 5.76 Å². The number of benzene rings is 2. The molecule has 3 aromatic rings. The Labute approximate surface area is 133 Å². The number of para-hydroxylation sites is 1. The van der Waals surface area contributed by atoms with E-state index in [0.29, 0.717) is 12.0 Å². The van der Waals surface area contributed by atoms with Gasteiger partial charge in [0.2, 0.25) is 0 Å². The van der Waals surface area contributed by atoms with Gasteiger partial charge < -0.3 is 14.8 Å². The Bertz CT molecular complexity index is 850. The molecule has 1 aromatic heterocycles. The van der Waals surface area contributed by atoms with Crippen LogP contribution in [0.4, 0.5) is 0 Å². The van der Waals surface area contributed by atoms with Crippen molar-refractivity contribution in [3.63, 3.8) is 0 Å². The predicted molar refractivity (Wildman–Crippen MR) is 87.2 cm³/mol.